The largest absolute Gasteiger partial charge is 0.493 e. The molecular formula is C28H17F8N5O3. The predicted octanol–water partition coefficient (Wildman–Crippen LogP) is 7.47. The zero-order valence-electron chi connectivity index (χ0n) is 21.8. The number of aromatic nitrogens is 2. The standard InChI is InChI=1S/C28H17F8N5O3/c1-2-23(42)41(44-25(43)28(34,35)36)19-11-12-21(30)22(13-19)39-24-20(15-3-5-16(6-4-15)27(31,32)33)14-37-26(40-24)38-18-9-7-17(29)8-10-18/h2-14H,1H2,(H2,37,38,39,40). The number of anilines is 5. The Kier molecular flexibility index (Phi) is 8.82. The van der Waals surface area contributed by atoms with Crippen LogP contribution in [0.1, 0.15) is 5.56 Å². The third-order valence-corrected chi connectivity index (χ3v) is 5.63. The first kappa shape index (κ1) is 31.4. The van der Waals surface area contributed by atoms with E-state index in [2.05, 4.69) is 32.0 Å². The van der Waals surface area contributed by atoms with Crippen molar-refractivity contribution >= 4 is 40.7 Å². The van der Waals surface area contributed by atoms with E-state index in [1.54, 1.807) is 0 Å². The molecule has 4 rings (SSSR count). The molecule has 0 saturated heterocycles. The average molecular weight is 623 g/mol. The maximum absolute atomic E-state index is 15.0. The highest BCUT2D eigenvalue weighted by molar-refractivity contribution is 6.01. The highest BCUT2D eigenvalue weighted by atomic mass is 19.4. The van der Waals surface area contributed by atoms with Crippen LogP contribution in [-0.4, -0.2) is 28.0 Å². The number of nitrogens with one attached hydrogen (secondary N) is 2. The van der Waals surface area contributed by atoms with E-state index >= 15 is 0 Å². The number of rotatable bonds is 7. The van der Waals surface area contributed by atoms with Crippen molar-refractivity contribution < 1.29 is 49.5 Å². The lowest BCUT2D eigenvalue weighted by atomic mass is 10.1. The van der Waals surface area contributed by atoms with E-state index in [1.165, 1.54) is 18.3 Å². The van der Waals surface area contributed by atoms with Crippen molar-refractivity contribution in [2.45, 2.75) is 12.4 Å². The summed E-state index contributed by atoms with van der Waals surface area (Å²) in [7, 11) is 0. The minimum atomic E-state index is -5.48. The molecule has 1 aromatic heterocycles. The highest BCUT2D eigenvalue weighted by Gasteiger charge is 2.43. The summed E-state index contributed by atoms with van der Waals surface area (Å²) in [6, 6.07) is 11.2. The Morgan fingerprint density at radius 3 is 2.14 bits per heavy atom. The molecule has 1 heterocycles. The van der Waals surface area contributed by atoms with Crippen molar-refractivity contribution in [1.82, 2.24) is 9.97 Å². The van der Waals surface area contributed by atoms with Gasteiger partial charge >= 0.3 is 18.3 Å². The van der Waals surface area contributed by atoms with Gasteiger partial charge in [-0.1, -0.05) is 18.7 Å². The van der Waals surface area contributed by atoms with Gasteiger partial charge in [0.05, 0.1) is 16.9 Å². The molecule has 0 aliphatic carbocycles. The summed E-state index contributed by atoms with van der Waals surface area (Å²) in [6.07, 6.45) is -8.38. The summed E-state index contributed by atoms with van der Waals surface area (Å²) < 4.78 is 106. The number of carbonyl (C=O) groups is 2. The van der Waals surface area contributed by atoms with E-state index in [0.29, 0.717) is 11.8 Å². The lowest BCUT2D eigenvalue weighted by Crippen LogP contribution is -2.38. The number of halogens is 8. The Hall–Kier alpha value is -5.54. The van der Waals surface area contributed by atoms with Crippen LogP contribution in [0.3, 0.4) is 0 Å². The van der Waals surface area contributed by atoms with Gasteiger partial charge in [0, 0.05) is 17.4 Å². The SMILES string of the molecule is C=CC(=O)N(OC(=O)C(F)(F)F)c1ccc(F)c(Nc2nc(Nc3ccc(F)cc3)ncc2-c2ccc(C(F)(F)F)cc2)c1. The first-order valence-electron chi connectivity index (χ1n) is 12.0. The molecule has 0 aliphatic rings. The molecule has 0 spiro atoms. The van der Waals surface area contributed by atoms with E-state index < -0.39 is 52.8 Å². The van der Waals surface area contributed by atoms with Gasteiger partial charge in [-0.2, -0.15) is 31.3 Å². The second kappa shape index (κ2) is 12.4. The third kappa shape index (κ3) is 7.45. The van der Waals surface area contributed by atoms with Crippen LogP contribution in [0.4, 0.5) is 64.0 Å². The second-order valence-electron chi connectivity index (χ2n) is 8.67. The number of carbonyl (C=O) groups excluding carboxylic acids is 2. The summed E-state index contributed by atoms with van der Waals surface area (Å²) in [4.78, 5) is 36.2. The Labute approximate surface area is 242 Å². The fraction of sp³-hybridized carbons (Fsp3) is 0.0714. The van der Waals surface area contributed by atoms with E-state index in [4.69, 9.17) is 0 Å². The van der Waals surface area contributed by atoms with Crippen LogP contribution in [-0.2, 0) is 20.6 Å². The van der Waals surface area contributed by atoms with E-state index in [-0.39, 0.29) is 28.0 Å². The monoisotopic (exact) mass is 623 g/mol. The fourth-order valence-electron chi connectivity index (χ4n) is 3.56. The molecule has 228 valence electrons. The van der Waals surface area contributed by atoms with Crippen LogP contribution in [0, 0.1) is 11.6 Å². The molecule has 2 N–H and O–H groups in total. The number of amides is 1. The molecule has 16 heteroatoms. The molecule has 0 saturated carbocycles. The summed E-state index contributed by atoms with van der Waals surface area (Å²) in [5.74, 6) is -5.95. The van der Waals surface area contributed by atoms with Crippen molar-refractivity contribution in [3.63, 3.8) is 0 Å². The van der Waals surface area contributed by atoms with Crippen LogP contribution in [0.5, 0.6) is 0 Å². The maximum Gasteiger partial charge on any atom is 0.493 e. The molecule has 0 aliphatic heterocycles. The van der Waals surface area contributed by atoms with Gasteiger partial charge in [-0.3, -0.25) is 4.79 Å². The van der Waals surface area contributed by atoms with Crippen molar-refractivity contribution in [3.8, 4) is 11.1 Å². The predicted molar refractivity (Wildman–Crippen MR) is 142 cm³/mol. The first-order chi connectivity index (χ1) is 20.7. The number of hydroxylamine groups is 1. The number of alkyl halides is 6. The molecule has 0 unspecified atom stereocenters. The van der Waals surface area contributed by atoms with Crippen molar-refractivity contribution in [2.24, 2.45) is 0 Å². The number of hydrogen-bond donors (Lipinski definition) is 2. The molecule has 4 aromatic rings. The van der Waals surface area contributed by atoms with Gasteiger partial charge in [0.15, 0.2) is 0 Å². The summed E-state index contributed by atoms with van der Waals surface area (Å²) in [5.41, 5.74) is -1.47. The minimum absolute atomic E-state index is 0.0516. The summed E-state index contributed by atoms with van der Waals surface area (Å²) in [6.45, 7) is 3.13. The zero-order valence-corrected chi connectivity index (χ0v) is 21.8. The first-order valence-corrected chi connectivity index (χ1v) is 12.0. The lowest BCUT2D eigenvalue weighted by molar-refractivity contribution is -0.201. The van der Waals surface area contributed by atoms with Gasteiger partial charge in [0.2, 0.25) is 5.95 Å². The van der Waals surface area contributed by atoms with Crippen LogP contribution < -0.4 is 15.7 Å². The van der Waals surface area contributed by atoms with Crippen LogP contribution >= 0.6 is 0 Å². The van der Waals surface area contributed by atoms with E-state index in [1.807, 2.05) is 0 Å². The summed E-state index contributed by atoms with van der Waals surface area (Å²) in [5, 5.41) is 5.28. The molecule has 0 fully saturated rings. The van der Waals surface area contributed by atoms with Crippen LogP contribution in [0.2, 0.25) is 0 Å². The fourth-order valence-corrected chi connectivity index (χ4v) is 3.56. The van der Waals surface area contributed by atoms with Gasteiger partial charge in [-0.05, 0) is 66.2 Å². The highest BCUT2D eigenvalue weighted by Crippen LogP contribution is 2.35. The van der Waals surface area contributed by atoms with Crippen molar-refractivity contribution in [2.75, 3.05) is 15.7 Å². The molecule has 0 atom stereocenters. The van der Waals surface area contributed by atoms with Gasteiger partial charge in [-0.25, -0.2) is 18.6 Å². The molecule has 1 amide bonds. The lowest BCUT2D eigenvalue weighted by Gasteiger charge is -2.21. The molecule has 0 radical (unpaired) electrons. The average Bonchev–Trinajstić information content (AvgIpc) is 2.97. The third-order valence-electron chi connectivity index (χ3n) is 5.63. The van der Waals surface area contributed by atoms with E-state index in [9.17, 15) is 44.7 Å². The maximum atomic E-state index is 15.0. The Balaban J connectivity index is 1.77. The molecule has 44 heavy (non-hydrogen) atoms. The number of nitrogens with zero attached hydrogens (tertiary/aromatic N) is 3. The quantitative estimate of drug-likeness (QED) is 0.125. The van der Waals surface area contributed by atoms with Crippen LogP contribution in [0.25, 0.3) is 11.1 Å². The minimum Gasteiger partial charge on any atom is -0.337 e. The van der Waals surface area contributed by atoms with Gasteiger partial charge in [0.25, 0.3) is 5.91 Å². The topological polar surface area (TPSA) is 96.5 Å². The zero-order chi connectivity index (χ0) is 32.2. The molecule has 3 aromatic carbocycles. The van der Waals surface area contributed by atoms with Gasteiger partial charge < -0.3 is 15.5 Å². The Bertz CT molecular complexity index is 1690. The van der Waals surface area contributed by atoms with Crippen LogP contribution in [0.15, 0.2) is 85.6 Å². The molecule has 8 nitrogen and oxygen atoms in total. The Morgan fingerprint density at radius 2 is 1.55 bits per heavy atom. The second-order valence-corrected chi connectivity index (χ2v) is 8.67. The number of benzene rings is 3. The molecule has 0 bridgehead atoms. The van der Waals surface area contributed by atoms with Gasteiger partial charge in [0.1, 0.15) is 17.5 Å². The van der Waals surface area contributed by atoms with Gasteiger partial charge in [-0.15, -0.1) is 5.06 Å². The van der Waals surface area contributed by atoms with Crippen molar-refractivity contribution in [3.05, 3.63) is 103 Å². The Morgan fingerprint density at radius 1 is 0.886 bits per heavy atom. The molecular weight excluding hydrogens is 606 g/mol. The normalized spacial score (nSPS) is 11.5. The van der Waals surface area contributed by atoms with Crippen molar-refractivity contribution in [1.29, 1.82) is 0 Å². The van der Waals surface area contributed by atoms with E-state index in [0.717, 1.165) is 54.6 Å². The number of hydrogen-bond acceptors (Lipinski definition) is 7. The smallest absolute Gasteiger partial charge is 0.337 e. The summed E-state index contributed by atoms with van der Waals surface area (Å²) >= 11 is 0.